The van der Waals surface area contributed by atoms with Crippen LogP contribution in [0.3, 0.4) is 0 Å². The highest BCUT2D eigenvalue weighted by molar-refractivity contribution is 5.76. The second-order valence-corrected chi connectivity index (χ2v) is 6.97. The summed E-state index contributed by atoms with van der Waals surface area (Å²) in [5, 5.41) is 2.12. The van der Waals surface area contributed by atoms with Crippen molar-refractivity contribution < 1.29 is 10.1 Å². The second kappa shape index (κ2) is 9.15. The number of likely N-dealkylation sites (N-methyl/N-ethyl adjacent to an activating group) is 1. The number of carbonyl (C=O) groups excluding carboxylic acids is 1. The predicted octanol–water partition coefficient (Wildman–Crippen LogP) is 3.31. The fourth-order valence-electron chi connectivity index (χ4n) is 3.22. The molecule has 0 bridgehead atoms. The highest BCUT2D eigenvalue weighted by atomic mass is 16.2. The van der Waals surface area contributed by atoms with Crippen molar-refractivity contribution in [2.45, 2.75) is 19.5 Å². The maximum absolute atomic E-state index is 12.7. The normalized spacial score (nSPS) is 10.8. The van der Waals surface area contributed by atoms with Gasteiger partial charge in [-0.1, -0.05) is 90.5 Å². The zero-order valence-corrected chi connectivity index (χ0v) is 16.0. The van der Waals surface area contributed by atoms with E-state index in [2.05, 4.69) is 60.8 Å². The van der Waals surface area contributed by atoms with Crippen LogP contribution in [0.5, 0.6) is 0 Å². The standard InChI is InChI=1S/C24H26N2O/c1-19-13-15-20(16-14-19)18-26(2)23(27)17-25-24(21-9-5-3-6-10-21)22-11-7-4-8-12-22/h3-16,24-25H,17-18H2,1-2H3/p+1. The first-order valence-electron chi connectivity index (χ1n) is 9.36. The number of hydrogen-bond donors (Lipinski definition) is 1. The molecule has 138 valence electrons. The van der Waals surface area contributed by atoms with E-state index in [1.807, 2.05) is 43.4 Å². The first-order valence-corrected chi connectivity index (χ1v) is 9.36. The Kier molecular flexibility index (Phi) is 6.39. The van der Waals surface area contributed by atoms with E-state index in [0.717, 1.165) is 5.56 Å². The van der Waals surface area contributed by atoms with E-state index in [9.17, 15) is 4.79 Å². The lowest BCUT2D eigenvalue weighted by molar-refractivity contribution is -0.677. The van der Waals surface area contributed by atoms with E-state index in [4.69, 9.17) is 0 Å². The molecule has 3 aromatic rings. The smallest absolute Gasteiger partial charge is 0.277 e. The number of nitrogens with zero attached hydrogens (tertiary/aromatic N) is 1. The van der Waals surface area contributed by atoms with Gasteiger partial charge in [0, 0.05) is 24.7 Å². The molecule has 0 aromatic heterocycles. The molecular formula is C24H27N2O+. The Morgan fingerprint density at radius 2 is 1.37 bits per heavy atom. The molecule has 3 rings (SSSR count). The Bertz CT molecular complexity index is 805. The molecular weight excluding hydrogens is 332 g/mol. The molecule has 0 radical (unpaired) electrons. The van der Waals surface area contributed by atoms with Crippen LogP contribution in [0.15, 0.2) is 84.9 Å². The summed E-state index contributed by atoms with van der Waals surface area (Å²) in [6.07, 6.45) is 0. The molecule has 3 nitrogen and oxygen atoms in total. The first-order chi connectivity index (χ1) is 13.1. The summed E-state index contributed by atoms with van der Waals surface area (Å²) >= 11 is 0. The number of quaternary nitrogens is 1. The van der Waals surface area contributed by atoms with Gasteiger partial charge in [0.25, 0.3) is 5.91 Å². The molecule has 2 N–H and O–H groups in total. The van der Waals surface area contributed by atoms with Crippen LogP contribution >= 0.6 is 0 Å². The maximum Gasteiger partial charge on any atom is 0.277 e. The van der Waals surface area contributed by atoms with Crippen molar-refractivity contribution in [3.8, 4) is 0 Å². The monoisotopic (exact) mass is 359 g/mol. The van der Waals surface area contributed by atoms with Crippen molar-refractivity contribution >= 4 is 5.91 Å². The van der Waals surface area contributed by atoms with E-state index in [-0.39, 0.29) is 11.9 Å². The van der Waals surface area contributed by atoms with Crippen molar-refractivity contribution in [1.29, 1.82) is 0 Å². The molecule has 3 heteroatoms. The van der Waals surface area contributed by atoms with Crippen LogP contribution < -0.4 is 5.32 Å². The van der Waals surface area contributed by atoms with E-state index >= 15 is 0 Å². The van der Waals surface area contributed by atoms with Gasteiger partial charge >= 0.3 is 0 Å². The van der Waals surface area contributed by atoms with Gasteiger partial charge < -0.3 is 10.2 Å². The van der Waals surface area contributed by atoms with E-state index in [1.54, 1.807) is 4.90 Å². The summed E-state index contributed by atoms with van der Waals surface area (Å²) in [6, 6.07) is 29.2. The SMILES string of the molecule is Cc1ccc(CN(C)C(=O)C[NH2+]C(c2ccccc2)c2ccccc2)cc1. The van der Waals surface area contributed by atoms with Gasteiger partial charge in [-0.3, -0.25) is 4.79 Å². The van der Waals surface area contributed by atoms with Gasteiger partial charge in [0.1, 0.15) is 6.04 Å². The number of hydrogen-bond acceptors (Lipinski definition) is 1. The molecule has 0 heterocycles. The number of rotatable bonds is 7. The third-order valence-electron chi connectivity index (χ3n) is 4.81. The van der Waals surface area contributed by atoms with Crippen molar-refractivity contribution in [3.05, 3.63) is 107 Å². The number of aryl methyl sites for hydroxylation is 1. The van der Waals surface area contributed by atoms with E-state index in [1.165, 1.54) is 16.7 Å². The molecule has 0 spiro atoms. The van der Waals surface area contributed by atoms with Crippen LogP contribution in [0, 0.1) is 6.92 Å². The first kappa shape index (κ1) is 18.9. The minimum Gasteiger partial charge on any atom is -0.337 e. The molecule has 0 saturated heterocycles. The summed E-state index contributed by atoms with van der Waals surface area (Å²) in [7, 11) is 1.87. The number of benzene rings is 3. The number of nitrogens with two attached hydrogens (primary N) is 1. The third kappa shape index (κ3) is 5.28. The number of carbonyl (C=O) groups is 1. The van der Waals surface area contributed by atoms with Gasteiger partial charge in [0.15, 0.2) is 6.54 Å². The summed E-state index contributed by atoms with van der Waals surface area (Å²) in [6.45, 7) is 3.12. The van der Waals surface area contributed by atoms with Crippen molar-refractivity contribution in [2.75, 3.05) is 13.6 Å². The van der Waals surface area contributed by atoms with Crippen LogP contribution in [0.1, 0.15) is 28.3 Å². The van der Waals surface area contributed by atoms with Crippen LogP contribution in [-0.2, 0) is 11.3 Å². The fourth-order valence-corrected chi connectivity index (χ4v) is 3.22. The topological polar surface area (TPSA) is 36.9 Å². The lowest BCUT2D eigenvalue weighted by Gasteiger charge is -2.20. The summed E-state index contributed by atoms with van der Waals surface area (Å²) in [4.78, 5) is 14.5. The zero-order chi connectivity index (χ0) is 19.1. The largest absolute Gasteiger partial charge is 0.337 e. The molecule has 0 fully saturated rings. The van der Waals surface area contributed by atoms with Gasteiger partial charge in [0.05, 0.1) is 0 Å². The molecule has 27 heavy (non-hydrogen) atoms. The van der Waals surface area contributed by atoms with Crippen molar-refractivity contribution in [3.63, 3.8) is 0 Å². The molecule has 0 atom stereocenters. The molecule has 0 unspecified atom stereocenters. The Labute approximate surface area is 161 Å². The van der Waals surface area contributed by atoms with Crippen molar-refractivity contribution in [2.24, 2.45) is 0 Å². The molecule has 1 amide bonds. The Balaban J connectivity index is 1.66. The Morgan fingerprint density at radius 3 is 1.89 bits per heavy atom. The van der Waals surface area contributed by atoms with Gasteiger partial charge in [-0.15, -0.1) is 0 Å². The minimum absolute atomic E-state index is 0.115. The number of amides is 1. The van der Waals surface area contributed by atoms with Gasteiger partial charge in [-0.05, 0) is 12.5 Å². The Morgan fingerprint density at radius 1 is 0.852 bits per heavy atom. The lowest BCUT2D eigenvalue weighted by atomic mass is 9.99. The van der Waals surface area contributed by atoms with E-state index < -0.39 is 0 Å². The maximum atomic E-state index is 12.7. The highest BCUT2D eigenvalue weighted by Gasteiger charge is 2.20. The summed E-state index contributed by atoms with van der Waals surface area (Å²) < 4.78 is 0. The molecule has 0 aliphatic rings. The fraction of sp³-hybridized carbons (Fsp3) is 0.208. The quantitative estimate of drug-likeness (QED) is 0.690. The average molecular weight is 359 g/mol. The van der Waals surface area contributed by atoms with Crippen LogP contribution in [0.2, 0.25) is 0 Å². The van der Waals surface area contributed by atoms with Gasteiger partial charge in [-0.2, -0.15) is 0 Å². The molecule has 0 saturated carbocycles. The lowest BCUT2D eigenvalue weighted by Crippen LogP contribution is -2.87. The van der Waals surface area contributed by atoms with Crippen LogP contribution in [-0.4, -0.2) is 24.4 Å². The van der Waals surface area contributed by atoms with Gasteiger partial charge in [0.2, 0.25) is 0 Å². The average Bonchev–Trinajstić information content (AvgIpc) is 2.71. The molecule has 0 aliphatic heterocycles. The van der Waals surface area contributed by atoms with Crippen LogP contribution in [0.25, 0.3) is 0 Å². The van der Waals surface area contributed by atoms with E-state index in [0.29, 0.717) is 13.1 Å². The third-order valence-corrected chi connectivity index (χ3v) is 4.81. The Hall–Kier alpha value is -2.91. The predicted molar refractivity (Wildman–Crippen MR) is 109 cm³/mol. The minimum atomic E-state index is 0.115. The molecule has 3 aromatic carbocycles. The van der Waals surface area contributed by atoms with Crippen molar-refractivity contribution in [1.82, 2.24) is 4.90 Å². The zero-order valence-electron chi connectivity index (χ0n) is 16.0. The second-order valence-electron chi connectivity index (χ2n) is 6.97. The summed E-state index contributed by atoms with van der Waals surface area (Å²) in [5.74, 6) is 0.132. The molecule has 0 aliphatic carbocycles. The highest BCUT2D eigenvalue weighted by Crippen LogP contribution is 2.17. The van der Waals surface area contributed by atoms with Crippen LogP contribution in [0.4, 0.5) is 0 Å². The summed E-state index contributed by atoms with van der Waals surface area (Å²) in [5.41, 5.74) is 4.80. The van der Waals surface area contributed by atoms with Gasteiger partial charge in [-0.25, -0.2) is 0 Å².